The first kappa shape index (κ1) is 17.0. The molecule has 2 amide bonds. The van der Waals surface area contributed by atoms with Crippen molar-refractivity contribution in [2.75, 3.05) is 27.2 Å². The van der Waals surface area contributed by atoms with Crippen LogP contribution < -0.4 is 5.32 Å². The standard InChI is InChI=1S/C16H25N3O2S/c1-11(2)19-9-13(7-15(19)20)16(21)17-8-14(18(3)4)12-5-6-22-10-12/h5-6,10-11,13-14H,7-9H2,1-4H3,(H,17,21)/t13-,14-/m0/s1. The second kappa shape index (κ2) is 7.24. The molecule has 1 aliphatic heterocycles. The molecule has 0 aromatic carbocycles. The summed E-state index contributed by atoms with van der Waals surface area (Å²) in [6, 6.07) is 2.40. The van der Waals surface area contributed by atoms with Gasteiger partial charge in [-0.1, -0.05) is 0 Å². The van der Waals surface area contributed by atoms with Crippen LogP contribution in [-0.4, -0.2) is 54.8 Å². The molecular formula is C16H25N3O2S. The zero-order valence-electron chi connectivity index (χ0n) is 13.7. The molecule has 122 valence electrons. The summed E-state index contributed by atoms with van der Waals surface area (Å²) in [4.78, 5) is 28.1. The van der Waals surface area contributed by atoms with Crippen LogP contribution in [-0.2, 0) is 9.59 Å². The number of hydrogen-bond acceptors (Lipinski definition) is 4. The maximum absolute atomic E-state index is 12.3. The van der Waals surface area contributed by atoms with Gasteiger partial charge in [0.25, 0.3) is 0 Å². The third-order valence-corrected chi connectivity index (χ3v) is 4.87. The van der Waals surface area contributed by atoms with Crippen LogP contribution >= 0.6 is 11.3 Å². The summed E-state index contributed by atoms with van der Waals surface area (Å²) < 4.78 is 0. The molecule has 0 aliphatic carbocycles. The van der Waals surface area contributed by atoms with Gasteiger partial charge < -0.3 is 15.1 Å². The lowest BCUT2D eigenvalue weighted by Gasteiger charge is -2.25. The molecule has 1 fully saturated rings. The molecule has 1 aromatic heterocycles. The first-order valence-electron chi connectivity index (χ1n) is 7.65. The van der Waals surface area contributed by atoms with E-state index in [-0.39, 0.29) is 29.8 Å². The van der Waals surface area contributed by atoms with E-state index in [4.69, 9.17) is 0 Å². The van der Waals surface area contributed by atoms with E-state index >= 15 is 0 Å². The summed E-state index contributed by atoms with van der Waals surface area (Å²) in [5, 5.41) is 7.17. The van der Waals surface area contributed by atoms with E-state index in [0.717, 1.165) is 0 Å². The van der Waals surface area contributed by atoms with Gasteiger partial charge in [0.1, 0.15) is 0 Å². The van der Waals surface area contributed by atoms with E-state index in [1.807, 2.05) is 33.3 Å². The zero-order chi connectivity index (χ0) is 16.3. The van der Waals surface area contributed by atoms with Crippen LogP contribution in [0.3, 0.4) is 0 Å². The predicted molar refractivity (Wildman–Crippen MR) is 88.7 cm³/mol. The minimum Gasteiger partial charge on any atom is -0.354 e. The molecule has 22 heavy (non-hydrogen) atoms. The van der Waals surface area contributed by atoms with Gasteiger partial charge >= 0.3 is 0 Å². The number of carbonyl (C=O) groups excluding carboxylic acids is 2. The van der Waals surface area contributed by atoms with Crippen LogP contribution in [0.15, 0.2) is 16.8 Å². The summed E-state index contributed by atoms with van der Waals surface area (Å²) in [6.07, 6.45) is 0.328. The van der Waals surface area contributed by atoms with E-state index in [1.54, 1.807) is 16.2 Å². The number of likely N-dealkylation sites (tertiary alicyclic amines) is 1. The lowest BCUT2D eigenvalue weighted by molar-refractivity contribution is -0.130. The molecule has 2 rings (SSSR count). The van der Waals surface area contributed by atoms with Crippen molar-refractivity contribution in [1.82, 2.24) is 15.1 Å². The Morgan fingerprint density at radius 2 is 2.23 bits per heavy atom. The highest BCUT2D eigenvalue weighted by molar-refractivity contribution is 7.07. The Morgan fingerprint density at radius 3 is 2.73 bits per heavy atom. The second-order valence-electron chi connectivity index (χ2n) is 6.32. The Morgan fingerprint density at radius 1 is 1.50 bits per heavy atom. The van der Waals surface area contributed by atoms with Crippen LogP contribution in [0.1, 0.15) is 31.9 Å². The quantitative estimate of drug-likeness (QED) is 0.867. The van der Waals surface area contributed by atoms with Crippen molar-refractivity contribution in [1.29, 1.82) is 0 Å². The summed E-state index contributed by atoms with van der Waals surface area (Å²) in [6.45, 7) is 5.07. The van der Waals surface area contributed by atoms with Gasteiger partial charge in [-0.25, -0.2) is 0 Å². The Labute approximate surface area is 136 Å². The number of nitrogens with zero attached hydrogens (tertiary/aromatic N) is 2. The highest BCUT2D eigenvalue weighted by Gasteiger charge is 2.35. The van der Waals surface area contributed by atoms with Gasteiger partial charge in [0.15, 0.2) is 0 Å². The van der Waals surface area contributed by atoms with Crippen LogP contribution in [0.2, 0.25) is 0 Å². The summed E-state index contributed by atoms with van der Waals surface area (Å²) in [5.74, 6) is -0.157. The third kappa shape index (κ3) is 3.87. The summed E-state index contributed by atoms with van der Waals surface area (Å²) >= 11 is 1.66. The Kier molecular flexibility index (Phi) is 5.58. The van der Waals surface area contributed by atoms with Crippen LogP contribution in [0, 0.1) is 5.92 Å². The molecule has 0 saturated carbocycles. The molecule has 0 unspecified atom stereocenters. The van der Waals surface area contributed by atoms with Crippen molar-refractivity contribution in [2.45, 2.75) is 32.4 Å². The molecule has 1 aliphatic rings. The van der Waals surface area contributed by atoms with Crippen LogP contribution in [0.4, 0.5) is 0 Å². The fourth-order valence-corrected chi connectivity index (χ4v) is 3.52. The maximum Gasteiger partial charge on any atom is 0.225 e. The number of thiophene rings is 1. The zero-order valence-corrected chi connectivity index (χ0v) is 14.5. The SMILES string of the molecule is CC(C)N1C[C@@H](C(=O)NC[C@@H](c2ccsc2)N(C)C)CC1=O. The first-order valence-corrected chi connectivity index (χ1v) is 8.60. The summed E-state index contributed by atoms with van der Waals surface area (Å²) in [5.41, 5.74) is 1.21. The molecule has 0 spiro atoms. The highest BCUT2D eigenvalue weighted by Crippen LogP contribution is 2.22. The average molecular weight is 323 g/mol. The molecule has 0 bridgehead atoms. The van der Waals surface area contributed by atoms with Gasteiger partial charge in [-0.05, 0) is 50.3 Å². The van der Waals surface area contributed by atoms with Gasteiger partial charge in [0.05, 0.1) is 12.0 Å². The van der Waals surface area contributed by atoms with Crippen molar-refractivity contribution in [3.05, 3.63) is 22.4 Å². The smallest absolute Gasteiger partial charge is 0.225 e. The van der Waals surface area contributed by atoms with Crippen molar-refractivity contribution in [3.8, 4) is 0 Å². The van der Waals surface area contributed by atoms with E-state index in [9.17, 15) is 9.59 Å². The monoisotopic (exact) mass is 323 g/mol. The Balaban J connectivity index is 1.91. The first-order chi connectivity index (χ1) is 10.4. The van der Waals surface area contributed by atoms with Gasteiger partial charge in [0, 0.05) is 25.6 Å². The minimum absolute atomic E-state index is 0.0152. The molecule has 2 atom stereocenters. The number of likely N-dealkylation sites (N-methyl/N-ethyl adjacent to an activating group) is 1. The molecule has 2 heterocycles. The normalized spacial score (nSPS) is 20.0. The lowest BCUT2D eigenvalue weighted by Crippen LogP contribution is -2.39. The molecule has 6 heteroatoms. The average Bonchev–Trinajstić information content (AvgIpc) is 3.07. The minimum atomic E-state index is -0.222. The van der Waals surface area contributed by atoms with E-state index in [2.05, 4.69) is 21.7 Å². The highest BCUT2D eigenvalue weighted by atomic mass is 32.1. The summed E-state index contributed by atoms with van der Waals surface area (Å²) in [7, 11) is 4.02. The predicted octanol–water partition coefficient (Wildman–Crippen LogP) is 1.72. The third-order valence-electron chi connectivity index (χ3n) is 4.17. The second-order valence-corrected chi connectivity index (χ2v) is 7.10. The molecule has 1 aromatic rings. The number of nitrogens with one attached hydrogen (secondary N) is 1. The number of rotatable bonds is 6. The largest absolute Gasteiger partial charge is 0.354 e. The number of hydrogen-bond donors (Lipinski definition) is 1. The van der Waals surface area contributed by atoms with Crippen molar-refractivity contribution in [2.24, 2.45) is 5.92 Å². The van der Waals surface area contributed by atoms with Crippen LogP contribution in [0.5, 0.6) is 0 Å². The van der Waals surface area contributed by atoms with E-state index in [0.29, 0.717) is 19.5 Å². The molecule has 1 saturated heterocycles. The Bertz CT molecular complexity index is 513. The molecule has 1 N–H and O–H groups in total. The van der Waals surface area contributed by atoms with Gasteiger partial charge in [-0.15, -0.1) is 0 Å². The van der Waals surface area contributed by atoms with Crippen molar-refractivity contribution in [3.63, 3.8) is 0 Å². The fraction of sp³-hybridized carbons (Fsp3) is 0.625. The van der Waals surface area contributed by atoms with Crippen molar-refractivity contribution < 1.29 is 9.59 Å². The topological polar surface area (TPSA) is 52.7 Å². The molecule has 0 radical (unpaired) electrons. The lowest BCUT2D eigenvalue weighted by atomic mass is 10.1. The molecule has 5 nitrogen and oxygen atoms in total. The fourth-order valence-electron chi connectivity index (χ4n) is 2.81. The maximum atomic E-state index is 12.3. The van der Waals surface area contributed by atoms with Crippen LogP contribution in [0.25, 0.3) is 0 Å². The van der Waals surface area contributed by atoms with Gasteiger partial charge in [0.2, 0.25) is 11.8 Å². The number of carbonyl (C=O) groups is 2. The molecular weight excluding hydrogens is 298 g/mol. The Hall–Kier alpha value is -1.40. The van der Waals surface area contributed by atoms with Gasteiger partial charge in [-0.2, -0.15) is 11.3 Å². The van der Waals surface area contributed by atoms with E-state index in [1.165, 1.54) is 5.56 Å². The number of amides is 2. The van der Waals surface area contributed by atoms with Crippen molar-refractivity contribution >= 4 is 23.2 Å². The van der Waals surface area contributed by atoms with E-state index < -0.39 is 0 Å². The van der Waals surface area contributed by atoms with Gasteiger partial charge in [-0.3, -0.25) is 9.59 Å².